The van der Waals surface area contributed by atoms with Gasteiger partial charge in [0.1, 0.15) is 11.4 Å². The van der Waals surface area contributed by atoms with Gasteiger partial charge in [0.25, 0.3) is 5.91 Å². The SMILES string of the molecule is O=C(Nc1ccc(O)c(N(c2ccccc2Cl)[SH](=O)=O)c1)c1ccc(-c2ccccc2)cc1. The molecule has 6 nitrogen and oxygen atoms in total. The summed E-state index contributed by atoms with van der Waals surface area (Å²) in [6.45, 7) is 0. The number of aromatic hydroxyl groups is 1. The second-order valence-electron chi connectivity index (χ2n) is 7.10. The number of rotatable bonds is 6. The van der Waals surface area contributed by atoms with Crippen molar-refractivity contribution in [2.45, 2.75) is 0 Å². The smallest absolute Gasteiger partial charge is 0.255 e. The highest BCUT2D eigenvalue weighted by atomic mass is 35.5. The van der Waals surface area contributed by atoms with Crippen LogP contribution in [0.5, 0.6) is 5.75 Å². The molecule has 0 aliphatic carbocycles. The highest BCUT2D eigenvalue weighted by Gasteiger charge is 2.19. The fraction of sp³-hybridized carbons (Fsp3) is 0. The van der Waals surface area contributed by atoms with E-state index >= 15 is 0 Å². The van der Waals surface area contributed by atoms with Gasteiger partial charge in [0, 0.05) is 11.3 Å². The standard InChI is InChI=1S/C25H19ClN2O4S/c26-21-8-4-5-9-22(21)28(33(31)32)23-16-20(14-15-24(23)29)27-25(30)19-12-10-18(11-13-19)17-6-2-1-3-7-17/h1-16,29,33H,(H,27,30). The van der Waals surface area contributed by atoms with Crippen LogP contribution in [-0.4, -0.2) is 19.4 Å². The van der Waals surface area contributed by atoms with Crippen molar-refractivity contribution in [2.75, 3.05) is 9.62 Å². The molecule has 0 saturated carbocycles. The Morgan fingerprint density at radius 2 is 1.42 bits per heavy atom. The molecule has 33 heavy (non-hydrogen) atoms. The van der Waals surface area contributed by atoms with Gasteiger partial charge in [0.2, 0.25) is 10.9 Å². The second-order valence-corrected chi connectivity index (χ2v) is 8.38. The number of nitrogens with one attached hydrogen (secondary N) is 1. The molecule has 0 radical (unpaired) electrons. The minimum absolute atomic E-state index is 0.0311. The van der Waals surface area contributed by atoms with Crippen molar-refractivity contribution >= 4 is 45.5 Å². The minimum atomic E-state index is -3.18. The van der Waals surface area contributed by atoms with E-state index < -0.39 is 10.9 Å². The molecule has 4 aromatic rings. The number of hydrogen-bond donors (Lipinski definition) is 3. The summed E-state index contributed by atoms with van der Waals surface area (Å²) >= 11 is 6.17. The fourth-order valence-electron chi connectivity index (χ4n) is 3.35. The van der Waals surface area contributed by atoms with Crippen LogP contribution in [0.15, 0.2) is 97.1 Å². The molecule has 2 N–H and O–H groups in total. The number of carbonyl (C=O) groups is 1. The lowest BCUT2D eigenvalue weighted by molar-refractivity contribution is 0.102. The number of nitrogens with zero attached hydrogens (tertiary/aromatic N) is 1. The maximum atomic E-state index is 12.8. The lowest BCUT2D eigenvalue weighted by atomic mass is 10.0. The van der Waals surface area contributed by atoms with Crippen molar-refractivity contribution in [3.8, 4) is 16.9 Å². The Hall–Kier alpha value is -3.81. The fourth-order valence-corrected chi connectivity index (χ4v) is 4.31. The summed E-state index contributed by atoms with van der Waals surface area (Å²) in [5, 5.41) is 13.3. The molecule has 0 fully saturated rings. The topological polar surface area (TPSA) is 86.7 Å². The Morgan fingerprint density at radius 1 is 0.788 bits per heavy atom. The summed E-state index contributed by atoms with van der Waals surface area (Å²) in [6, 6.07) is 27.5. The Morgan fingerprint density at radius 3 is 2.09 bits per heavy atom. The van der Waals surface area contributed by atoms with E-state index in [1.807, 2.05) is 42.5 Å². The van der Waals surface area contributed by atoms with Gasteiger partial charge >= 0.3 is 0 Å². The third-order valence-electron chi connectivity index (χ3n) is 4.96. The van der Waals surface area contributed by atoms with Gasteiger partial charge in [-0.15, -0.1) is 0 Å². The normalized spacial score (nSPS) is 10.7. The van der Waals surface area contributed by atoms with Crippen LogP contribution in [0.25, 0.3) is 11.1 Å². The average Bonchev–Trinajstić information content (AvgIpc) is 2.83. The zero-order valence-electron chi connectivity index (χ0n) is 17.2. The van der Waals surface area contributed by atoms with E-state index in [1.165, 1.54) is 24.3 Å². The number of anilines is 3. The van der Waals surface area contributed by atoms with Crippen molar-refractivity contribution < 1.29 is 18.3 Å². The van der Waals surface area contributed by atoms with Gasteiger partial charge in [-0.2, -0.15) is 0 Å². The predicted octanol–water partition coefficient (Wildman–Crippen LogP) is 5.63. The molecular formula is C25H19ClN2O4S. The van der Waals surface area contributed by atoms with Crippen LogP contribution < -0.4 is 9.62 Å². The first-order chi connectivity index (χ1) is 15.9. The molecule has 0 spiro atoms. The third kappa shape index (κ3) is 5.00. The van der Waals surface area contributed by atoms with Crippen LogP contribution in [-0.2, 0) is 10.9 Å². The minimum Gasteiger partial charge on any atom is -0.506 e. The Kier molecular flexibility index (Phi) is 6.63. The molecule has 4 rings (SSSR count). The van der Waals surface area contributed by atoms with Crippen LogP contribution in [0.3, 0.4) is 0 Å². The van der Waals surface area contributed by atoms with Crippen LogP contribution >= 0.6 is 11.6 Å². The largest absolute Gasteiger partial charge is 0.506 e. The number of phenols is 1. The van der Waals surface area contributed by atoms with Crippen molar-refractivity contribution in [2.24, 2.45) is 0 Å². The maximum absolute atomic E-state index is 12.8. The summed E-state index contributed by atoms with van der Waals surface area (Å²) in [4.78, 5) is 12.8. The lowest BCUT2D eigenvalue weighted by Gasteiger charge is -2.21. The molecule has 0 atom stereocenters. The molecule has 0 aliphatic rings. The van der Waals surface area contributed by atoms with Crippen LogP contribution in [0.4, 0.5) is 17.1 Å². The highest BCUT2D eigenvalue weighted by molar-refractivity contribution is 7.74. The molecule has 0 aliphatic heterocycles. The number of thiol groups is 1. The molecule has 8 heteroatoms. The van der Waals surface area contributed by atoms with Crippen LogP contribution in [0, 0.1) is 0 Å². The number of carbonyl (C=O) groups excluding carboxylic acids is 1. The van der Waals surface area contributed by atoms with Crippen LogP contribution in [0.2, 0.25) is 5.02 Å². The molecule has 166 valence electrons. The van der Waals surface area contributed by atoms with Crippen molar-refractivity contribution in [1.82, 2.24) is 0 Å². The quantitative estimate of drug-likeness (QED) is 0.247. The number of hydrogen-bond acceptors (Lipinski definition) is 4. The van der Waals surface area contributed by atoms with E-state index in [2.05, 4.69) is 5.32 Å². The van der Waals surface area contributed by atoms with Crippen molar-refractivity contribution in [3.63, 3.8) is 0 Å². The zero-order chi connectivity index (χ0) is 23.4. The highest BCUT2D eigenvalue weighted by Crippen LogP contribution is 2.38. The summed E-state index contributed by atoms with van der Waals surface area (Å²) in [5.41, 5.74) is 2.92. The van der Waals surface area contributed by atoms with Crippen molar-refractivity contribution in [3.05, 3.63) is 108 Å². The molecular weight excluding hydrogens is 460 g/mol. The maximum Gasteiger partial charge on any atom is 0.255 e. The van der Waals surface area contributed by atoms with Gasteiger partial charge in [0.05, 0.1) is 10.7 Å². The van der Waals surface area contributed by atoms with Crippen molar-refractivity contribution in [1.29, 1.82) is 0 Å². The molecule has 0 unspecified atom stereocenters. The first kappa shape index (κ1) is 22.4. The van der Waals surface area contributed by atoms with E-state index in [-0.39, 0.29) is 28.1 Å². The Labute approximate surface area is 197 Å². The number of halogens is 1. The monoisotopic (exact) mass is 478 g/mol. The second kappa shape index (κ2) is 9.77. The Bertz CT molecular complexity index is 1370. The number of para-hydroxylation sites is 1. The molecule has 0 bridgehead atoms. The van der Waals surface area contributed by atoms with Gasteiger partial charge in [-0.05, 0) is 53.6 Å². The van der Waals surface area contributed by atoms with E-state index in [4.69, 9.17) is 11.6 Å². The average molecular weight is 479 g/mol. The van der Waals surface area contributed by atoms with Crippen LogP contribution in [0.1, 0.15) is 10.4 Å². The van der Waals surface area contributed by atoms with E-state index in [0.717, 1.165) is 15.4 Å². The van der Waals surface area contributed by atoms with Gasteiger partial charge in [-0.1, -0.05) is 66.2 Å². The third-order valence-corrected chi connectivity index (χ3v) is 6.04. The summed E-state index contributed by atoms with van der Waals surface area (Å²) in [6.07, 6.45) is 0. The molecule has 1 amide bonds. The summed E-state index contributed by atoms with van der Waals surface area (Å²) < 4.78 is 24.9. The Balaban J connectivity index is 1.60. The van der Waals surface area contributed by atoms with Gasteiger partial charge < -0.3 is 10.4 Å². The van der Waals surface area contributed by atoms with Gasteiger partial charge in [0.15, 0.2) is 0 Å². The number of benzene rings is 4. The molecule has 0 saturated heterocycles. The number of amides is 1. The lowest BCUT2D eigenvalue weighted by Crippen LogP contribution is -2.16. The van der Waals surface area contributed by atoms with E-state index in [9.17, 15) is 18.3 Å². The number of phenolic OH excluding ortho intramolecular Hbond substituents is 1. The summed E-state index contributed by atoms with van der Waals surface area (Å²) in [5.74, 6) is -0.651. The molecule has 4 aromatic carbocycles. The first-order valence-electron chi connectivity index (χ1n) is 9.93. The van der Waals surface area contributed by atoms with Gasteiger partial charge in [-0.3, -0.25) is 4.79 Å². The van der Waals surface area contributed by atoms with Gasteiger partial charge in [-0.25, -0.2) is 12.7 Å². The molecule has 0 aromatic heterocycles. The molecule has 0 heterocycles. The van der Waals surface area contributed by atoms with E-state index in [1.54, 1.807) is 30.3 Å². The summed E-state index contributed by atoms with van der Waals surface area (Å²) in [7, 11) is -3.18. The first-order valence-corrected chi connectivity index (χ1v) is 11.4. The predicted molar refractivity (Wildman–Crippen MR) is 132 cm³/mol. The van der Waals surface area contributed by atoms with E-state index in [0.29, 0.717) is 11.3 Å². The zero-order valence-corrected chi connectivity index (χ0v) is 18.8.